The largest absolute Gasteiger partial charge is 0.469 e. The average Bonchev–Trinajstić information content (AvgIpc) is 2.97. The molecule has 7 heteroatoms. The maximum atomic E-state index is 11.9. The number of carbonyl (C=O) groups excluding carboxylic acids is 1. The number of furan rings is 1. The molecule has 1 atom stereocenters. The third-order valence-electron chi connectivity index (χ3n) is 3.24. The van der Waals surface area contributed by atoms with E-state index in [1.54, 1.807) is 31.4 Å². The fourth-order valence-corrected chi connectivity index (χ4v) is 2.62. The molecule has 1 aromatic heterocycles. The SMILES string of the molecule is C[C@@H](NC(=O)CCc1ccco1)c1cccc(S(N)(=O)=O)c1. The smallest absolute Gasteiger partial charge is 0.238 e. The van der Waals surface area contributed by atoms with Gasteiger partial charge in [0.2, 0.25) is 15.9 Å². The van der Waals surface area contributed by atoms with Crippen molar-refractivity contribution >= 4 is 15.9 Å². The first-order valence-corrected chi connectivity index (χ1v) is 8.35. The molecule has 2 aromatic rings. The Bertz CT molecular complexity index is 739. The molecule has 0 aliphatic carbocycles. The number of primary sulfonamides is 1. The zero-order valence-corrected chi connectivity index (χ0v) is 13.0. The lowest BCUT2D eigenvalue weighted by Crippen LogP contribution is -2.27. The molecule has 0 radical (unpaired) electrons. The van der Waals surface area contributed by atoms with Gasteiger partial charge in [-0.3, -0.25) is 4.79 Å². The number of hydrogen-bond acceptors (Lipinski definition) is 4. The van der Waals surface area contributed by atoms with Crippen molar-refractivity contribution in [1.82, 2.24) is 5.32 Å². The maximum Gasteiger partial charge on any atom is 0.238 e. The van der Waals surface area contributed by atoms with Crippen molar-refractivity contribution in [3.05, 3.63) is 54.0 Å². The molecular weight excluding hydrogens is 304 g/mol. The van der Waals surface area contributed by atoms with Crippen LogP contribution < -0.4 is 10.5 Å². The summed E-state index contributed by atoms with van der Waals surface area (Å²) in [4.78, 5) is 11.9. The summed E-state index contributed by atoms with van der Waals surface area (Å²) in [5.74, 6) is 0.615. The standard InChI is InChI=1S/C15H18N2O4S/c1-11(12-4-2-6-14(10-12)22(16,19)20)17-15(18)8-7-13-5-3-9-21-13/h2-6,9-11H,7-8H2,1H3,(H,17,18)(H2,16,19,20)/t11-/m1/s1. The number of rotatable bonds is 6. The van der Waals surface area contributed by atoms with Crippen LogP contribution >= 0.6 is 0 Å². The Balaban J connectivity index is 1.96. The second-order valence-electron chi connectivity index (χ2n) is 4.99. The number of amides is 1. The predicted molar refractivity (Wildman–Crippen MR) is 81.4 cm³/mol. The van der Waals surface area contributed by atoms with Gasteiger partial charge < -0.3 is 9.73 Å². The van der Waals surface area contributed by atoms with Gasteiger partial charge in [0.15, 0.2) is 0 Å². The summed E-state index contributed by atoms with van der Waals surface area (Å²) in [5.41, 5.74) is 0.679. The van der Waals surface area contributed by atoms with Crippen LogP contribution in [0.25, 0.3) is 0 Å². The van der Waals surface area contributed by atoms with Crippen LogP contribution in [0.5, 0.6) is 0 Å². The van der Waals surface area contributed by atoms with Gasteiger partial charge in [-0.2, -0.15) is 0 Å². The molecule has 1 amide bonds. The van der Waals surface area contributed by atoms with Crippen LogP contribution in [0, 0.1) is 0 Å². The van der Waals surface area contributed by atoms with Crippen molar-refractivity contribution in [3.8, 4) is 0 Å². The first kappa shape index (κ1) is 16.3. The van der Waals surface area contributed by atoms with Gasteiger partial charge in [0.25, 0.3) is 0 Å². The molecule has 1 heterocycles. The van der Waals surface area contributed by atoms with Gasteiger partial charge in [0.05, 0.1) is 17.2 Å². The molecule has 0 aliphatic heterocycles. The first-order valence-electron chi connectivity index (χ1n) is 6.81. The van der Waals surface area contributed by atoms with Crippen molar-refractivity contribution in [2.24, 2.45) is 5.14 Å². The predicted octanol–water partition coefficient (Wildman–Crippen LogP) is 1.74. The fraction of sp³-hybridized carbons (Fsp3) is 0.267. The monoisotopic (exact) mass is 322 g/mol. The number of benzene rings is 1. The minimum absolute atomic E-state index is 0.0293. The number of aryl methyl sites for hydroxylation is 1. The fourth-order valence-electron chi connectivity index (χ4n) is 2.05. The van der Waals surface area contributed by atoms with E-state index in [9.17, 15) is 13.2 Å². The van der Waals surface area contributed by atoms with E-state index in [-0.39, 0.29) is 16.8 Å². The Hall–Kier alpha value is -2.12. The average molecular weight is 322 g/mol. The highest BCUT2D eigenvalue weighted by atomic mass is 32.2. The highest BCUT2D eigenvalue weighted by Gasteiger charge is 2.13. The van der Waals surface area contributed by atoms with Gasteiger partial charge in [-0.1, -0.05) is 12.1 Å². The Morgan fingerprint density at radius 3 is 2.73 bits per heavy atom. The minimum atomic E-state index is -3.75. The second kappa shape index (κ2) is 6.76. The molecule has 6 nitrogen and oxygen atoms in total. The van der Waals surface area contributed by atoms with E-state index in [0.717, 1.165) is 5.76 Å². The Kier molecular flexibility index (Phi) is 4.99. The Labute approximate surface area is 129 Å². The molecule has 0 fully saturated rings. The van der Waals surface area contributed by atoms with Gasteiger partial charge in [-0.05, 0) is 36.8 Å². The van der Waals surface area contributed by atoms with E-state index < -0.39 is 10.0 Å². The highest BCUT2D eigenvalue weighted by Crippen LogP contribution is 2.17. The Morgan fingerprint density at radius 1 is 1.32 bits per heavy atom. The van der Waals surface area contributed by atoms with Crippen LogP contribution in [-0.4, -0.2) is 14.3 Å². The van der Waals surface area contributed by atoms with Crippen LogP contribution in [0.2, 0.25) is 0 Å². The molecule has 0 aliphatic rings. The molecular formula is C15H18N2O4S. The van der Waals surface area contributed by atoms with Crippen molar-refractivity contribution in [3.63, 3.8) is 0 Å². The number of nitrogens with one attached hydrogen (secondary N) is 1. The molecule has 118 valence electrons. The molecule has 0 spiro atoms. The minimum Gasteiger partial charge on any atom is -0.469 e. The lowest BCUT2D eigenvalue weighted by molar-refractivity contribution is -0.121. The lowest BCUT2D eigenvalue weighted by atomic mass is 10.1. The van der Waals surface area contributed by atoms with Gasteiger partial charge in [0.1, 0.15) is 5.76 Å². The summed E-state index contributed by atoms with van der Waals surface area (Å²) in [7, 11) is -3.75. The summed E-state index contributed by atoms with van der Waals surface area (Å²) in [6.45, 7) is 1.78. The van der Waals surface area contributed by atoms with Crippen LogP contribution in [0.15, 0.2) is 52.0 Å². The van der Waals surface area contributed by atoms with Crippen molar-refractivity contribution in [2.45, 2.75) is 30.7 Å². The molecule has 22 heavy (non-hydrogen) atoms. The molecule has 0 bridgehead atoms. The van der Waals surface area contributed by atoms with Crippen LogP contribution in [-0.2, 0) is 21.2 Å². The van der Waals surface area contributed by atoms with E-state index in [0.29, 0.717) is 18.4 Å². The highest BCUT2D eigenvalue weighted by molar-refractivity contribution is 7.89. The van der Waals surface area contributed by atoms with E-state index in [4.69, 9.17) is 9.56 Å². The van der Waals surface area contributed by atoms with Gasteiger partial charge in [-0.25, -0.2) is 13.6 Å². The molecule has 0 unspecified atom stereocenters. The topological polar surface area (TPSA) is 102 Å². The number of sulfonamides is 1. The van der Waals surface area contributed by atoms with Crippen molar-refractivity contribution < 1.29 is 17.6 Å². The van der Waals surface area contributed by atoms with Gasteiger partial charge in [0, 0.05) is 12.8 Å². The first-order chi connectivity index (χ1) is 10.4. The van der Waals surface area contributed by atoms with E-state index in [1.807, 2.05) is 6.07 Å². The zero-order chi connectivity index (χ0) is 16.2. The normalized spacial score (nSPS) is 12.8. The van der Waals surface area contributed by atoms with E-state index in [2.05, 4.69) is 5.32 Å². The third-order valence-corrected chi connectivity index (χ3v) is 4.15. The van der Waals surface area contributed by atoms with Crippen LogP contribution in [0.4, 0.5) is 0 Å². The van der Waals surface area contributed by atoms with Crippen molar-refractivity contribution in [1.29, 1.82) is 0 Å². The summed E-state index contributed by atoms with van der Waals surface area (Å²) >= 11 is 0. The van der Waals surface area contributed by atoms with Crippen molar-refractivity contribution in [2.75, 3.05) is 0 Å². The van der Waals surface area contributed by atoms with E-state index >= 15 is 0 Å². The summed E-state index contributed by atoms with van der Waals surface area (Å²) in [5, 5.41) is 7.92. The quantitative estimate of drug-likeness (QED) is 0.845. The maximum absolute atomic E-state index is 11.9. The van der Waals surface area contributed by atoms with Gasteiger partial charge in [-0.15, -0.1) is 0 Å². The molecule has 2 rings (SSSR count). The number of hydrogen-bond donors (Lipinski definition) is 2. The molecule has 0 saturated heterocycles. The molecule has 1 aromatic carbocycles. The molecule has 0 saturated carbocycles. The van der Waals surface area contributed by atoms with Crippen LogP contribution in [0.3, 0.4) is 0 Å². The zero-order valence-electron chi connectivity index (χ0n) is 12.2. The van der Waals surface area contributed by atoms with E-state index in [1.165, 1.54) is 12.1 Å². The number of nitrogens with two attached hydrogens (primary N) is 1. The Morgan fingerprint density at radius 2 is 2.09 bits per heavy atom. The van der Waals surface area contributed by atoms with Crippen LogP contribution in [0.1, 0.15) is 30.7 Å². The summed E-state index contributed by atoms with van der Waals surface area (Å²) < 4.78 is 27.9. The summed E-state index contributed by atoms with van der Waals surface area (Å²) in [6, 6.07) is 9.50. The summed E-state index contributed by atoms with van der Waals surface area (Å²) in [6.07, 6.45) is 2.38. The molecule has 3 N–H and O–H groups in total. The third kappa shape index (κ3) is 4.44. The lowest BCUT2D eigenvalue weighted by Gasteiger charge is -2.15. The van der Waals surface area contributed by atoms with Gasteiger partial charge >= 0.3 is 0 Å². The second-order valence-corrected chi connectivity index (χ2v) is 6.55. The number of carbonyl (C=O) groups is 1.